The highest BCUT2D eigenvalue weighted by Gasteiger charge is 2.05. The Labute approximate surface area is 81.2 Å². The molecule has 4 heteroatoms. The maximum Gasteiger partial charge on any atom is 0.165 e. The Hall–Kier alpha value is -1.65. The van der Waals surface area contributed by atoms with Gasteiger partial charge in [0, 0.05) is 11.6 Å². The lowest BCUT2D eigenvalue weighted by Gasteiger charge is -1.91. The molecule has 1 aromatic heterocycles. The van der Waals surface area contributed by atoms with Gasteiger partial charge in [0.25, 0.3) is 0 Å². The summed E-state index contributed by atoms with van der Waals surface area (Å²) in [5, 5.41) is 3.89. The van der Waals surface area contributed by atoms with E-state index in [2.05, 4.69) is 9.99 Å². The van der Waals surface area contributed by atoms with Gasteiger partial charge in [0.2, 0.25) is 0 Å². The smallest absolute Gasteiger partial charge is 0.165 e. The van der Waals surface area contributed by atoms with Crippen molar-refractivity contribution in [3.8, 4) is 11.3 Å². The van der Waals surface area contributed by atoms with Gasteiger partial charge < -0.3 is 4.52 Å². The minimum absolute atomic E-state index is 0.236. The van der Waals surface area contributed by atoms with E-state index in [9.17, 15) is 0 Å². The third kappa shape index (κ3) is 1.81. The maximum absolute atomic E-state index is 5.00. The predicted molar refractivity (Wildman–Crippen MR) is 50.9 cm³/mol. The molecule has 14 heavy (non-hydrogen) atoms. The van der Waals surface area contributed by atoms with Crippen LogP contribution in [-0.4, -0.2) is 5.16 Å². The van der Waals surface area contributed by atoms with Gasteiger partial charge in [-0.1, -0.05) is 35.5 Å². The van der Waals surface area contributed by atoms with Gasteiger partial charge in [-0.05, 0) is 0 Å². The number of nitrogens with zero attached hydrogens (tertiary/aromatic N) is 1. The van der Waals surface area contributed by atoms with Crippen molar-refractivity contribution in [2.24, 2.45) is 5.90 Å². The zero-order valence-electron chi connectivity index (χ0n) is 7.51. The van der Waals surface area contributed by atoms with Crippen LogP contribution >= 0.6 is 0 Å². The molecule has 0 unspecified atom stereocenters. The highest BCUT2D eigenvalue weighted by Crippen LogP contribution is 2.18. The molecule has 0 atom stereocenters. The number of hydrogen-bond acceptors (Lipinski definition) is 4. The van der Waals surface area contributed by atoms with E-state index in [1.807, 2.05) is 36.4 Å². The predicted octanol–water partition coefficient (Wildman–Crippen LogP) is 1.73. The van der Waals surface area contributed by atoms with Crippen molar-refractivity contribution in [3.63, 3.8) is 0 Å². The van der Waals surface area contributed by atoms with Crippen LogP contribution in [0.3, 0.4) is 0 Å². The van der Waals surface area contributed by atoms with Gasteiger partial charge in [-0.3, -0.25) is 4.84 Å². The zero-order chi connectivity index (χ0) is 9.80. The molecule has 0 aliphatic rings. The van der Waals surface area contributed by atoms with Crippen LogP contribution in [0.25, 0.3) is 11.3 Å². The number of nitrogens with two attached hydrogens (primary N) is 1. The highest BCUT2D eigenvalue weighted by molar-refractivity contribution is 5.58. The van der Waals surface area contributed by atoms with Crippen LogP contribution in [0, 0.1) is 0 Å². The first-order chi connectivity index (χ1) is 6.90. The molecule has 2 rings (SSSR count). The summed E-state index contributed by atoms with van der Waals surface area (Å²) in [6.07, 6.45) is 0. The fourth-order valence-corrected chi connectivity index (χ4v) is 1.21. The Morgan fingerprint density at radius 2 is 2.07 bits per heavy atom. The minimum Gasteiger partial charge on any atom is -0.358 e. The standard InChI is InChI=1S/C10H10N2O2/c11-13-7-9-6-10(12-14-9)8-4-2-1-3-5-8/h1-6H,7,11H2. The van der Waals surface area contributed by atoms with Crippen molar-refractivity contribution in [1.82, 2.24) is 5.16 Å². The van der Waals surface area contributed by atoms with Crippen LogP contribution in [0.1, 0.15) is 5.76 Å². The molecule has 0 saturated heterocycles. The average Bonchev–Trinajstić information content (AvgIpc) is 2.68. The summed E-state index contributed by atoms with van der Waals surface area (Å²) < 4.78 is 5.00. The molecule has 2 N–H and O–H groups in total. The third-order valence-electron chi connectivity index (χ3n) is 1.85. The van der Waals surface area contributed by atoms with Crippen molar-refractivity contribution in [2.45, 2.75) is 6.61 Å². The van der Waals surface area contributed by atoms with Gasteiger partial charge in [-0.2, -0.15) is 0 Å². The van der Waals surface area contributed by atoms with Crippen molar-refractivity contribution in [2.75, 3.05) is 0 Å². The summed E-state index contributed by atoms with van der Waals surface area (Å²) in [4.78, 5) is 4.44. The first kappa shape index (κ1) is 8.93. The van der Waals surface area contributed by atoms with Crippen LogP contribution in [0.5, 0.6) is 0 Å². The SMILES string of the molecule is NOCc1cc(-c2ccccc2)no1. The lowest BCUT2D eigenvalue weighted by atomic mass is 10.1. The van der Waals surface area contributed by atoms with E-state index in [0.29, 0.717) is 5.76 Å². The van der Waals surface area contributed by atoms with Crippen molar-refractivity contribution < 1.29 is 9.36 Å². The zero-order valence-corrected chi connectivity index (χ0v) is 7.51. The van der Waals surface area contributed by atoms with E-state index in [1.54, 1.807) is 0 Å². The van der Waals surface area contributed by atoms with E-state index >= 15 is 0 Å². The number of rotatable bonds is 3. The summed E-state index contributed by atoms with van der Waals surface area (Å²) in [6, 6.07) is 11.6. The minimum atomic E-state index is 0.236. The summed E-state index contributed by atoms with van der Waals surface area (Å²) >= 11 is 0. The molecule has 0 bridgehead atoms. The second-order valence-corrected chi connectivity index (χ2v) is 2.86. The van der Waals surface area contributed by atoms with Gasteiger partial charge in [-0.25, -0.2) is 5.90 Å². The Bertz CT molecular complexity index is 398. The molecule has 1 aromatic carbocycles. The van der Waals surface area contributed by atoms with Gasteiger partial charge in [0.15, 0.2) is 5.76 Å². The van der Waals surface area contributed by atoms with E-state index in [1.165, 1.54) is 0 Å². The first-order valence-corrected chi connectivity index (χ1v) is 4.23. The van der Waals surface area contributed by atoms with E-state index < -0.39 is 0 Å². The van der Waals surface area contributed by atoms with Gasteiger partial charge in [0.1, 0.15) is 12.3 Å². The Morgan fingerprint density at radius 1 is 1.29 bits per heavy atom. The van der Waals surface area contributed by atoms with Crippen LogP contribution < -0.4 is 5.90 Å². The lowest BCUT2D eigenvalue weighted by Crippen LogP contribution is -1.96. The summed E-state index contributed by atoms with van der Waals surface area (Å²) in [6.45, 7) is 0.236. The molecular formula is C10H10N2O2. The molecule has 0 fully saturated rings. The second-order valence-electron chi connectivity index (χ2n) is 2.86. The molecule has 0 saturated carbocycles. The fraction of sp³-hybridized carbons (Fsp3) is 0.100. The van der Waals surface area contributed by atoms with Crippen molar-refractivity contribution in [1.29, 1.82) is 0 Å². The summed E-state index contributed by atoms with van der Waals surface area (Å²) in [5.74, 6) is 5.54. The van der Waals surface area contributed by atoms with Crippen molar-refractivity contribution in [3.05, 3.63) is 42.2 Å². The molecule has 0 radical (unpaired) electrons. The molecule has 0 amide bonds. The van der Waals surface area contributed by atoms with Crippen LogP contribution in [0.2, 0.25) is 0 Å². The van der Waals surface area contributed by atoms with E-state index in [-0.39, 0.29) is 6.61 Å². The fourth-order valence-electron chi connectivity index (χ4n) is 1.21. The number of aromatic nitrogens is 1. The van der Waals surface area contributed by atoms with Crippen LogP contribution in [0.15, 0.2) is 40.9 Å². The van der Waals surface area contributed by atoms with E-state index in [0.717, 1.165) is 11.3 Å². The Morgan fingerprint density at radius 3 is 2.79 bits per heavy atom. The Balaban J connectivity index is 2.25. The normalized spacial score (nSPS) is 10.4. The topological polar surface area (TPSA) is 61.3 Å². The quantitative estimate of drug-likeness (QED) is 0.749. The molecule has 2 aromatic rings. The molecule has 0 spiro atoms. The monoisotopic (exact) mass is 190 g/mol. The molecule has 72 valence electrons. The second kappa shape index (κ2) is 4.04. The maximum atomic E-state index is 5.00. The molecular weight excluding hydrogens is 180 g/mol. The van der Waals surface area contributed by atoms with Crippen LogP contribution in [-0.2, 0) is 11.4 Å². The lowest BCUT2D eigenvalue weighted by molar-refractivity contribution is 0.103. The van der Waals surface area contributed by atoms with Gasteiger partial charge >= 0.3 is 0 Å². The Kier molecular flexibility index (Phi) is 2.58. The molecule has 0 aliphatic carbocycles. The number of hydrogen-bond donors (Lipinski definition) is 1. The van der Waals surface area contributed by atoms with Gasteiger partial charge in [-0.15, -0.1) is 0 Å². The van der Waals surface area contributed by atoms with Gasteiger partial charge in [0.05, 0.1) is 0 Å². The third-order valence-corrected chi connectivity index (χ3v) is 1.85. The molecule has 1 heterocycles. The number of benzene rings is 1. The van der Waals surface area contributed by atoms with E-state index in [4.69, 9.17) is 10.4 Å². The summed E-state index contributed by atoms with van der Waals surface area (Å²) in [5.41, 5.74) is 1.80. The summed E-state index contributed by atoms with van der Waals surface area (Å²) in [7, 11) is 0. The first-order valence-electron chi connectivity index (χ1n) is 4.23. The van der Waals surface area contributed by atoms with Crippen molar-refractivity contribution >= 4 is 0 Å². The average molecular weight is 190 g/mol. The largest absolute Gasteiger partial charge is 0.358 e. The van der Waals surface area contributed by atoms with Crippen LogP contribution in [0.4, 0.5) is 0 Å². The molecule has 4 nitrogen and oxygen atoms in total. The highest BCUT2D eigenvalue weighted by atomic mass is 16.6. The molecule has 0 aliphatic heterocycles.